The Morgan fingerprint density at radius 1 is 0.964 bits per heavy atom. The van der Waals surface area contributed by atoms with Crippen LogP contribution in [0.5, 0.6) is 5.75 Å². The zero-order chi connectivity index (χ0) is 19.6. The number of halogens is 1. The molecule has 0 unspecified atom stereocenters. The van der Waals surface area contributed by atoms with Gasteiger partial charge in [-0.3, -0.25) is 4.79 Å². The van der Waals surface area contributed by atoms with Crippen LogP contribution in [0.4, 0.5) is 0 Å². The Morgan fingerprint density at radius 3 is 2.43 bits per heavy atom. The van der Waals surface area contributed by atoms with Crippen LogP contribution in [0.1, 0.15) is 36.8 Å². The summed E-state index contributed by atoms with van der Waals surface area (Å²) >= 11 is 5.60. The van der Waals surface area contributed by atoms with Gasteiger partial charge in [0.2, 0.25) is 5.24 Å². The number of unbranched alkanes of at least 4 members (excludes halogenated alkanes) is 1. The highest BCUT2D eigenvalue weighted by Gasteiger charge is 2.23. The molecule has 28 heavy (non-hydrogen) atoms. The fourth-order valence-corrected chi connectivity index (χ4v) is 4.00. The number of nitrogens with zero attached hydrogens (tertiary/aromatic N) is 1. The highest BCUT2D eigenvalue weighted by molar-refractivity contribution is 6.63. The van der Waals surface area contributed by atoms with Crippen molar-refractivity contribution in [2.75, 3.05) is 26.2 Å². The number of rotatable bonds is 10. The van der Waals surface area contributed by atoms with Gasteiger partial charge in [0.1, 0.15) is 5.75 Å². The second-order valence-corrected chi connectivity index (χ2v) is 7.94. The lowest BCUT2D eigenvalue weighted by Crippen LogP contribution is -2.36. The number of carbonyl (C=O) groups excluding carboxylic acids is 1. The van der Waals surface area contributed by atoms with Crippen LogP contribution in [0.2, 0.25) is 0 Å². The van der Waals surface area contributed by atoms with E-state index in [1.807, 2.05) is 6.07 Å². The van der Waals surface area contributed by atoms with Crippen LogP contribution in [0.15, 0.2) is 54.6 Å². The molecule has 4 heteroatoms. The predicted octanol–water partition coefficient (Wildman–Crippen LogP) is 5.11. The molecule has 0 amide bonds. The maximum absolute atomic E-state index is 11.2. The maximum atomic E-state index is 11.2. The average Bonchev–Trinajstić information content (AvgIpc) is 2.74. The summed E-state index contributed by atoms with van der Waals surface area (Å²) in [5.74, 6) is 1.08. The third-order valence-corrected chi connectivity index (χ3v) is 5.84. The molecule has 0 aliphatic carbocycles. The summed E-state index contributed by atoms with van der Waals surface area (Å²) in [5.41, 5.74) is 2.64. The number of likely N-dealkylation sites (tertiary alicyclic amines) is 1. The van der Waals surface area contributed by atoms with Gasteiger partial charge in [-0.15, -0.1) is 0 Å². The Hall–Kier alpha value is -1.84. The van der Waals surface area contributed by atoms with Crippen molar-refractivity contribution in [3.8, 4) is 5.75 Å². The van der Waals surface area contributed by atoms with E-state index in [2.05, 4.69) is 53.4 Å². The van der Waals surface area contributed by atoms with E-state index in [0.717, 1.165) is 70.5 Å². The zero-order valence-electron chi connectivity index (χ0n) is 16.5. The monoisotopic (exact) mass is 399 g/mol. The zero-order valence-corrected chi connectivity index (χ0v) is 17.2. The molecule has 1 heterocycles. The number of para-hydroxylation sites is 1. The van der Waals surface area contributed by atoms with Gasteiger partial charge >= 0.3 is 0 Å². The van der Waals surface area contributed by atoms with Crippen LogP contribution in [-0.4, -0.2) is 36.4 Å². The van der Waals surface area contributed by atoms with Crippen molar-refractivity contribution < 1.29 is 9.53 Å². The second-order valence-electron chi connectivity index (χ2n) is 7.57. The first-order chi connectivity index (χ1) is 13.7. The molecule has 2 aromatic carbocycles. The fourth-order valence-electron chi connectivity index (χ4n) is 3.78. The molecule has 1 aliphatic rings. The largest absolute Gasteiger partial charge is 0.493 e. The van der Waals surface area contributed by atoms with Crippen molar-refractivity contribution in [3.05, 3.63) is 65.7 Å². The second kappa shape index (κ2) is 11.2. The summed E-state index contributed by atoms with van der Waals surface area (Å²) in [6.45, 7) is 3.78. The number of piperidine rings is 1. The normalized spacial score (nSPS) is 15.5. The molecule has 1 fully saturated rings. The first-order valence-corrected chi connectivity index (χ1v) is 10.8. The molecule has 1 aliphatic heterocycles. The molecule has 0 atom stereocenters. The number of ether oxygens (including phenoxy) is 1. The van der Waals surface area contributed by atoms with Gasteiger partial charge in [-0.1, -0.05) is 48.5 Å². The molecule has 150 valence electrons. The summed E-state index contributed by atoms with van der Waals surface area (Å²) < 4.78 is 6.08. The van der Waals surface area contributed by atoms with Crippen LogP contribution in [0.3, 0.4) is 0 Å². The molecule has 0 bridgehead atoms. The topological polar surface area (TPSA) is 29.5 Å². The first kappa shape index (κ1) is 20.9. The Labute approximate surface area is 173 Å². The van der Waals surface area contributed by atoms with E-state index in [1.54, 1.807) is 0 Å². The molecule has 3 nitrogen and oxygen atoms in total. The Bertz CT molecular complexity index is 726. The lowest BCUT2D eigenvalue weighted by molar-refractivity contribution is -0.116. The van der Waals surface area contributed by atoms with Gasteiger partial charge in [-0.25, -0.2) is 0 Å². The summed E-state index contributed by atoms with van der Waals surface area (Å²) in [5, 5.41) is -0.168. The molecule has 0 spiro atoms. The number of hydrogen-bond donors (Lipinski definition) is 0. The van der Waals surface area contributed by atoms with Crippen LogP contribution in [0, 0.1) is 5.92 Å². The smallest absolute Gasteiger partial charge is 0.224 e. The van der Waals surface area contributed by atoms with Crippen LogP contribution in [-0.2, 0) is 17.6 Å². The first-order valence-electron chi connectivity index (χ1n) is 10.4. The molecular weight excluding hydrogens is 370 g/mol. The maximum Gasteiger partial charge on any atom is 0.224 e. The number of hydrogen-bond acceptors (Lipinski definition) is 3. The molecular formula is C24H30ClNO2. The van der Waals surface area contributed by atoms with Crippen LogP contribution < -0.4 is 4.74 Å². The Morgan fingerprint density at radius 2 is 1.68 bits per heavy atom. The van der Waals surface area contributed by atoms with Gasteiger partial charge in [-0.2, -0.15) is 0 Å². The predicted molar refractivity (Wildman–Crippen MR) is 115 cm³/mol. The molecule has 0 saturated carbocycles. The van der Waals surface area contributed by atoms with Gasteiger partial charge in [0, 0.05) is 5.92 Å². The fraction of sp³-hybridized carbons (Fsp3) is 0.458. The van der Waals surface area contributed by atoms with E-state index in [1.165, 1.54) is 11.1 Å². The molecule has 0 radical (unpaired) electrons. The molecule has 3 rings (SSSR count). The standard InChI is InChI=1S/C24H30ClNO2/c25-24(27)22-14-17-26(18-15-22)16-6-7-19-28-23-11-5-4-10-21(23)13-12-20-8-2-1-3-9-20/h1-5,8-11,22H,6-7,12-19H2. The Balaban J connectivity index is 1.35. The molecule has 1 saturated heterocycles. The lowest BCUT2D eigenvalue weighted by atomic mass is 9.98. The minimum Gasteiger partial charge on any atom is -0.493 e. The van der Waals surface area contributed by atoms with E-state index < -0.39 is 0 Å². The van der Waals surface area contributed by atoms with Crippen molar-refractivity contribution in [3.63, 3.8) is 0 Å². The van der Waals surface area contributed by atoms with E-state index in [4.69, 9.17) is 16.3 Å². The number of aryl methyl sites for hydroxylation is 2. The summed E-state index contributed by atoms with van der Waals surface area (Å²) in [4.78, 5) is 13.7. The highest BCUT2D eigenvalue weighted by atomic mass is 35.5. The van der Waals surface area contributed by atoms with Gasteiger partial charge in [0.25, 0.3) is 0 Å². The van der Waals surface area contributed by atoms with Crippen molar-refractivity contribution >= 4 is 16.8 Å². The average molecular weight is 400 g/mol. The van der Waals surface area contributed by atoms with Crippen molar-refractivity contribution in [1.29, 1.82) is 0 Å². The van der Waals surface area contributed by atoms with Crippen molar-refractivity contribution in [2.24, 2.45) is 5.92 Å². The van der Waals surface area contributed by atoms with Gasteiger partial charge in [-0.05, 0) is 87.0 Å². The van der Waals surface area contributed by atoms with Crippen molar-refractivity contribution in [2.45, 2.75) is 38.5 Å². The third kappa shape index (κ3) is 6.65. The summed E-state index contributed by atoms with van der Waals surface area (Å²) in [6.07, 6.45) is 5.98. The quantitative estimate of drug-likeness (QED) is 0.410. The van der Waals surface area contributed by atoms with Crippen LogP contribution in [0.25, 0.3) is 0 Å². The van der Waals surface area contributed by atoms with E-state index in [9.17, 15) is 4.79 Å². The lowest BCUT2D eigenvalue weighted by Gasteiger charge is -2.30. The molecule has 0 aromatic heterocycles. The van der Waals surface area contributed by atoms with E-state index >= 15 is 0 Å². The van der Waals surface area contributed by atoms with Gasteiger partial charge < -0.3 is 9.64 Å². The minimum atomic E-state index is -0.168. The van der Waals surface area contributed by atoms with Crippen LogP contribution >= 0.6 is 11.6 Å². The minimum absolute atomic E-state index is 0.0636. The highest BCUT2D eigenvalue weighted by Crippen LogP contribution is 2.21. The molecule has 0 N–H and O–H groups in total. The van der Waals surface area contributed by atoms with E-state index in [-0.39, 0.29) is 11.2 Å². The third-order valence-electron chi connectivity index (χ3n) is 5.53. The molecule has 2 aromatic rings. The number of benzene rings is 2. The van der Waals surface area contributed by atoms with Gasteiger partial charge in [0.05, 0.1) is 6.61 Å². The summed E-state index contributed by atoms with van der Waals surface area (Å²) in [6, 6.07) is 19.0. The van der Waals surface area contributed by atoms with Gasteiger partial charge in [0.15, 0.2) is 0 Å². The van der Waals surface area contributed by atoms with E-state index in [0.29, 0.717) is 0 Å². The SMILES string of the molecule is O=C(Cl)C1CCN(CCCCOc2ccccc2CCc2ccccc2)CC1. The number of carbonyl (C=O) groups is 1. The summed E-state index contributed by atoms with van der Waals surface area (Å²) in [7, 11) is 0. The Kier molecular flexibility index (Phi) is 8.38. The van der Waals surface area contributed by atoms with Crippen molar-refractivity contribution in [1.82, 2.24) is 4.90 Å².